The number of ether oxygens (including phenoxy) is 2. The van der Waals surface area contributed by atoms with Crippen molar-refractivity contribution in [3.63, 3.8) is 0 Å². The summed E-state index contributed by atoms with van der Waals surface area (Å²) in [5.41, 5.74) is 9.67. The maximum atomic E-state index is 6.13. The first-order chi connectivity index (χ1) is 9.97. The molecule has 0 fully saturated rings. The second kappa shape index (κ2) is 6.72. The number of hydrogen-bond acceptors (Lipinski definition) is 3. The number of hydrogen-bond donors (Lipinski definition) is 1. The predicted octanol–water partition coefficient (Wildman–Crippen LogP) is 4.31. The quantitative estimate of drug-likeness (QED) is 0.661. The lowest BCUT2D eigenvalue weighted by Crippen LogP contribution is -2.10. The molecule has 21 heavy (non-hydrogen) atoms. The molecule has 0 saturated carbocycles. The highest BCUT2D eigenvalue weighted by Gasteiger charge is 2.04. The first kappa shape index (κ1) is 15.5. The van der Waals surface area contributed by atoms with Gasteiger partial charge < -0.3 is 15.2 Å². The van der Waals surface area contributed by atoms with Crippen molar-refractivity contribution in [1.82, 2.24) is 0 Å². The smallest absolute Gasteiger partial charge is 0.142 e. The summed E-state index contributed by atoms with van der Waals surface area (Å²) in [6.45, 7) is 6.81. The minimum atomic E-state index is 0.438. The molecular weight excluding hydrogens is 286 g/mol. The van der Waals surface area contributed by atoms with Crippen LogP contribution in [0.3, 0.4) is 0 Å². The molecule has 0 amide bonds. The van der Waals surface area contributed by atoms with Gasteiger partial charge >= 0.3 is 0 Å². The molecule has 0 aliphatic carbocycles. The van der Waals surface area contributed by atoms with Gasteiger partial charge in [-0.3, -0.25) is 0 Å². The van der Waals surface area contributed by atoms with Crippen molar-refractivity contribution in [3.8, 4) is 11.5 Å². The van der Waals surface area contributed by atoms with Gasteiger partial charge in [0.15, 0.2) is 0 Å². The summed E-state index contributed by atoms with van der Waals surface area (Å²) in [4.78, 5) is 0. The fraction of sp³-hybridized carbons (Fsp3) is 0.294. The highest BCUT2D eigenvalue weighted by atomic mass is 35.5. The maximum absolute atomic E-state index is 6.13. The molecule has 0 radical (unpaired) electrons. The second-order valence-electron chi connectivity index (χ2n) is 5.11. The van der Waals surface area contributed by atoms with E-state index in [4.69, 9.17) is 26.8 Å². The van der Waals surface area contributed by atoms with Crippen LogP contribution in [0.25, 0.3) is 0 Å². The molecule has 0 aromatic heterocycles. The summed E-state index contributed by atoms with van der Waals surface area (Å²) >= 11 is 6.13. The molecule has 0 aliphatic rings. The Morgan fingerprint density at radius 2 is 1.57 bits per heavy atom. The Labute approximate surface area is 130 Å². The number of halogens is 1. The lowest BCUT2D eigenvalue weighted by molar-refractivity contribution is 0.217. The van der Waals surface area contributed by atoms with Crippen LogP contribution in [-0.2, 0) is 0 Å². The lowest BCUT2D eigenvalue weighted by Gasteiger charge is -2.12. The minimum Gasteiger partial charge on any atom is -0.490 e. The van der Waals surface area contributed by atoms with Gasteiger partial charge in [0, 0.05) is 5.02 Å². The van der Waals surface area contributed by atoms with Crippen LogP contribution in [0.15, 0.2) is 30.3 Å². The number of nitrogen functional groups attached to an aromatic ring is 1. The third kappa shape index (κ3) is 4.05. The van der Waals surface area contributed by atoms with Crippen molar-refractivity contribution < 1.29 is 9.47 Å². The van der Waals surface area contributed by atoms with E-state index in [0.29, 0.717) is 24.7 Å². The van der Waals surface area contributed by atoms with Gasteiger partial charge in [0.2, 0.25) is 0 Å². The van der Waals surface area contributed by atoms with E-state index in [1.54, 1.807) is 0 Å². The summed E-state index contributed by atoms with van der Waals surface area (Å²) in [6, 6.07) is 9.59. The Morgan fingerprint density at radius 3 is 2.19 bits per heavy atom. The Bertz CT molecular complexity index is 618. The molecule has 2 rings (SSSR count). The van der Waals surface area contributed by atoms with Crippen molar-refractivity contribution in [3.05, 3.63) is 52.0 Å². The zero-order chi connectivity index (χ0) is 15.4. The Hall–Kier alpha value is -1.87. The molecule has 112 valence electrons. The lowest BCUT2D eigenvalue weighted by atomic mass is 10.1. The summed E-state index contributed by atoms with van der Waals surface area (Å²) in [7, 11) is 0. The first-order valence-electron chi connectivity index (χ1n) is 6.86. The van der Waals surface area contributed by atoms with Crippen molar-refractivity contribution in [2.75, 3.05) is 18.9 Å². The van der Waals surface area contributed by atoms with E-state index in [0.717, 1.165) is 27.5 Å². The third-order valence-corrected chi connectivity index (χ3v) is 3.78. The average Bonchev–Trinajstić information content (AvgIpc) is 2.42. The molecular formula is C17H20ClNO2. The Kier molecular flexibility index (Phi) is 4.97. The Morgan fingerprint density at radius 1 is 0.952 bits per heavy atom. The SMILES string of the molecule is Cc1ccc(OCCOc2cc(C)c(Cl)c(C)c2)c(N)c1. The second-order valence-corrected chi connectivity index (χ2v) is 5.49. The number of nitrogens with two attached hydrogens (primary N) is 1. The number of rotatable bonds is 5. The molecule has 0 aliphatic heterocycles. The number of aryl methyl sites for hydroxylation is 3. The molecule has 0 heterocycles. The molecule has 0 atom stereocenters. The summed E-state index contributed by atoms with van der Waals surface area (Å²) in [5.74, 6) is 1.49. The van der Waals surface area contributed by atoms with E-state index >= 15 is 0 Å². The van der Waals surface area contributed by atoms with Crippen LogP contribution in [0.1, 0.15) is 16.7 Å². The summed E-state index contributed by atoms with van der Waals surface area (Å²) < 4.78 is 11.3. The molecule has 3 nitrogen and oxygen atoms in total. The summed E-state index contributed by atoms with van der Waals surface area (Å²) in [5, 5.41) is 0.783. The molecule has 0 unspecified atom stereocenters. The number of benzene rings is 2. The molecule has 0 spiro atoms. The van der Waals surface area contributed by atoms with Gasteiger partial charge in [0.25, 0.3) is 0 Å². The van der Waals surface area contributed by atoms with E-state index in [9.17, 15) is 0 Å². The highest BCUT2D eigenvalue weighted by molar-refractivity contribution is 6.32. The largest absolute Gasteiger partial charge is 0.490 e. The normalized spacial score (nSPS) is 10.5. The van der Waals surface area contributed by atoms with E-state index in [1.807, 2.05) is 51.1 Å². The highest BCUT2D eigenvalue weighted by Crippen LogP contribution is 2.26. The molecule has 0 bridgehead atoms. The van der Waals surface area contributed by atoms with Crippen molar-refractivity contribution in [1.29, 1.82) is 0 Å². The van der Waals surface area contributed by atoms with Crippen molar-refractivity contribution >= 4 is 17.3 Å². The van der Waals surface area contributed by atoms with Gasteiger partial charge in [0.1, 0.15) is 24.7 Å². The van der Waals surface area contributed by atoms with E-state index in [1.165, 1.54) is 0 Å². The van der Waals surface area contributed by atoms with Crippen LogP contribution in [0, 0.1) is 20.8 Å². The third-order valence-electron chi connectivity index (χ3n) is 3.18. The van der Waals surface area contributed by atoms with E-state index in [2.05, 4.69) is 0 Å². The maximum Gasteiger partial charge on any atom is 0.142 e. The predicted molar refractivity (Wildman–Crippen MR) is 87.5 cm³/mol. The monoisotopic (exact) mass is 305 g/mol. The van der Waals surface area contributed by atoms with E-state index < -0.39 is 0 Å². The average molecular weight is 306 g/mol. The van der Waals surface area contributed by atoms with Crippen LogP contribution >= 0.6 is 11.6 Å². The van der Waals surface area contributed by atoms with Crippen LogP contribution in [0.4, 0.5) is 5.69 Å². The minimum absolute atomic E-state index is 0.438. The number of anilines is 1. The van der Waals surface area contributed by atoms with Crippen molar-refractivity contribution in [2.45, 2.75) is 20.8 Å². The van der Waals surface area contributed by atoms with Crippen LogP contribution < -0.4 is 15.2 Å². The molecule has 4 heteroatoms. The first-order valence-corrected chi connectivity index (χ1v) is 7.23. The van der Waals surface area contributed by atoms with Gasteiger partial charge in [-0.1, -0.05) is 17.7 Å². The molecule has 2 aromatic rings. The van der Waals surface area contributed by atoms with Gasteiger partial charge in [0.05, 0.1) is 5.69 Å². The van der Waals surface area contributed by atoms with Gasteiger partial charge in [-0.05, 0) is 61.7 Å². The van der Waals surface area contributed by atoms with Gasteiger partial charge in [-0.15, -0.1) is 0 Å². The van der Waals surface area contributed by atoms with Crippen molar-refractivity contribution in [2.24, 2.45) is 0 Å². The molecule has 0 saturated heterocycles. The van der Waals surface area contributed by atoms with Crippen LogP contribution in [0.5, 0.6) is 11.5 Å². The van der Waals surface area contributed by atoms with Gasteiger partial charge in [-0.25, -0.2) is 0 Å². The van der Waals surface area contributed by atoms with Gasteiger partial charge in [-0.2, -0.15) is 0 Å². The summed E-state index contributed by atoms with van der Waals surface area (Å²) in [6.07, 6.45) is 0. The van der Waals surface area contributed by atoms with Crippen LogP contribution in [0.2, 0.25) is 5.02 Å². The topological polar surface area (TPSA) is 44.5 Å². The zero-order valence-corrected chi connectivity index (χ0v) is 13.3. The Balaban J connectivity index is 1.87. The van der Waals surface area contributed by atoms with E-state index in [-0.39, 0.29) is 0 Å². The molecule has 2 N–H and O–H groups in total. The molecule has 2 aromatic carbocycles. The van der Waals surface area contributed by atoms with Crippen LogP contribution in [-0.4, -0.2) is 13.2 Å². The fourth-order valence-electron chi connectivity index (χ4n) is 2.10. The standard InChI is InChI=1S/C17H20ClNO2/c1-11-4-5-16(15(19)8-11)21-7-6-20-14-9-12(2)17(18)13(3)10-14/h4-5,8-10H,6-7,19H2,1-3H3. The zero-order valence-electron chi connectivity index (χ0n) is 12.6. The fourth-order valence-corrected chi connectivity index (χ4v) is 2.21.